The van der Waals surface area contributed by atoms with E-state index < -0.39 is 10.0 Å². The molecule has 1 atom stereocenters. The summed E-state index contributed by atoms with van der Waals surface area (Å²) in [5, 5.41) is 0. The van der Waals surface area contributed by atoms with Crippen molar-refractivity contribution in [3.63, 3.8) is 0 Å². The second-order valence-electron chi connectivity index (χ2n) is 7.77. The average Bonchev–Trinajstić information content (AvgIpc) is 3.08. The van der Waals surface area contributed by atoms with Gasteiger partial charge in [0.05, 0.1) is 10.6 Å². The zero-order chi connectivity index (χ0) is 22.9. The third-order valence-corrected chi connectivity index (χ3v) is 7.29. The fourth-order valence-corrected chi connectivity index (χ4v) is 5.34. The van der Waals surface area contributed by atoms with Gasteiger partial charge in [0, 0.05) is 16.2 Å². The van der Waals surface area contributed by atoms with Gasteiger partial charge in [-0.15, -0.1) is 0 Å². The Labute approximate surface area is 196 Å². The summed E-state index contributed by atoms with van der Waals surface area (Å²) in [4.78, 5) is 14.7. The van der Waals surface area contributed by atoms with Crippen LogP contribution in [0.25, 0.3) is 0 Å². The molecule has 0 aromatic heterocycles. The Bertz CT molecular complexity index is 1260. The van der Waals surface area contributed by atoms with Gasteiger partial charge in [-0.3, -0.25) is 9.52 Å². The minimum Gasteiger partial charge on any atom is -0.484 e. The number of para-hydroxylation sites is 1. The number of ether oxygens (including phenoxy) is 1. The van der Waals surface area contributed by atoms with Crippen LogP contribution in [0.2, 0.25) is 0 Å². The van der Waals surface area contributed by atoms with Crippen LogP contribution in [0.15, 0.2) is 76.1 Å². The van der Waals surface area contributed by atoms with Crippen LogP contribution in [-0.2, 0) is 21.2 Å². The highest BCUT2D eigenvalue weighted by molar-refractivity contribution is 9.10. The summed E-state index contributed by atoms with van der Waals surface area (Å²) in [6, 6.07) is 19.1. The zero-order valence-corrected chi connectivity index (χ0v) is 20.1. The molecule has 1 heterocycles. The summed E-state index contributed by atoms with van der Waals surface area (Å²) in [5.41, 5.74) is 3.39. The van der Waals surface area contributed by atoms with Gasteiger partial charge >= 0.3 is 0 Å². The van der Waals surface area contributed by atoms with Crippen LogP contribution in [-0.4, -0.2) is 27.0 Å². The molecule has 0 bridgehead atoms. The van der Waals surface area contributed by atoms with Crippen molar-refractivity contribution in [2.45, 2.75) is 31.2 Å². The highest BCUT2D eigenvalue weighted by Gasteiger charge is 2.31. The molecule has 3 aromatic carbocycles. The topological polar surface area (TPSA) is 75.7 Å². The molecule has 0 fully saturated rings. The summed E-state index contributed by atoms with van der Waals surface area (Å²) in [6.45, 7) is 3.71. The number of nitrogens with one attached hydrogen (secondary N) is 1. The van der Waals surface area contributed by atoms with E-state index in [1.54, 1.807) is 29.2 Å². The maximum atomic E-state index is 12.8. The molecule has 8 heteroatoms. The van der Waals surface area contributed by atoms with Crippen molar-refractivity contribution in [3.8, 4) is 5.75 Å². The molecule has 3 aromatic rings. The molecule has 0 saturated heterocycles. The third kappa shape index (κ3) is 4.66. The van der Waals surface area contributed by atoms with Crippen LogP contribution >= 0.6 is 15.9 Å². The fourth-order valence-electron chi connectivity index (χ4n) is 3.80. The number of hydrogen-bond acceptors (Lipinski definition) is 4. The van der Waals surface area contributed by atoms with E-state index >= 15 is 0 Å². The van der Waals surface area contributed by atoms with E-state index in [9.17, 15) is 13.2 Å². The van der Waals surface area contributed by atoms with Gasteiger partial charge in [0.1, 0.15) is 5.75 Å². The van der Waals surface area contributed by atoms with Gasteiger partial charge in [-0.1, -0.05) is 34.1 Å². The lowest BCUT2D eigenvalue weighted by Gasteiger charge is -2.22. The Morgan fingerprint density at radius 1 is 1.12 bits per heavy atom. The summed E-state index contributed by atoms with van der Waals surface area (Å²) >= 11 is 3.47. The van der Waals surface area contributed by atoms with E-state index in [0.717, 1.165) is 27.7 Å². The van der Waals surface area contributed by atoms with Gasteiger partial charge in [0.2, 0.25) is 0 Å². The van der Waals surface area contributed by atoms with Crippen molar-refractivity contribution >= 4 is 43.2 Å². The predicted octanol–water partition coefficient (Wildman–Crippen LogP) is 4.91. The average molecular weight is 515 g/mol. The minimum absolute atomic E-state index is 0.0513. The van der Waals surface area contributed by atoms with Gasteiger partial charge in [-0.2, -0.15) is 0 Å². The van der Waals surface area contributed by atoms with E-state index in [-0.39, 0.29) is 23.5 Å². The number of halogens is 1. The summed E-state index contributed by atoms with van der Waals surface area (Å²) in [5.74, 6) is 0.285. The van der Waals surface area contributed by atoms with Gasteiger partial charge in [-0.05, 0) is 79.9 Å². The molecular weight excluding hydrogens is 492 g/mol. The van der Waals surface area contributed by atoms with Gasteiger partial charge in [-0.25, -0.2) is 8.42 Å². The number of anilines is 2. The normalized spacial score (nSPS) is 15.3. The number of rotatable bonds is 6. The smallest absolute Gasteiger partial charge is 0.265 e. The summed E-state index contributed by atoms with van der Waals surface area (Å²) in [6.07, 6.45) is 0.793. The lowest BCUT2D eigenvalue weighted by Crippen LogP contribution is -2.39. The van der Waals surface area contributed by atoms with Crippen LogP contribution in [0.1, 0.15) is 18.1 Å². The standard InChI is InChI=1S/C24H23BrN2O4S/c1-16-5-3-4-6-22(16)26-32(29,30)21-10-8-20(9-11-21)31-15-24(28)27-17(2)13-18-14-19(25)7-12-23(18)27/h3-12,14,17,26H,13,15H2,1-2H3/t17-/m1/s1. The molecule has 0 unspecified atom stereocenters. The number of carbonyl (C=O) groups excluding carboxylic acids is 1. The quantitative estimate of drug-likeness (QED) is 0.506. The van der Waals surface area contributed by atoms with Crippen molar-refractivity contribution < 1.29 is 17.9 Å². The van der Waals surface area contributed by atoms with Crippen molar-refractivity contribution in [2.75, 3.05) is 16.2 Å². The summed E-state index contributed by atoms with van der Waals surface area (Å²) in [7, 11) is -3.73. The van der Waals surface area contributed by atoms with Gasteiger partial charge < -0.3 is 9.64 Å². The SMILES string of the molecule is Cc1ccccc1NS(=O)(=O)c1ccc(OCC(=O)N2c3ccc(Br)cc3C[C@H]2C)cc1. The molecule has 1 aliphatic heterocycles. The number of carbonyl (C=O) groups is 1. The van der Waals surface area contributed by atoms with Crippen LogP contribution < -0.4 is 14.4 Å². The van der Waals surface area contributed by atoms with Crippen molar-refractivity contribution in [2.24, 2.45) is 0 Å². The number of sulfonamides is 1. The van der Waals surface area contributed by atoms with E-state index in [4.69, 9.17) is 4.74 Å². The minimum atomic E-state index is -3.73. The zero-order valence-electron chi connectivity index (χ0n) is 17.7. The molecule has 1 amide bonds. The predicted molar refractivity (Wildman–Crippen MR) is 129 cm³/mol. The lowest BCUT2D eigenvalue weighted by atomic mass is 10.1. The Morgan fingerprint density at radius 3 is 2.56 bits per heavy atom. The monoisotopic (exact) mass is 514 g/mol. The Morgan fingerprint density at radius 2 is 1.84 bits per heavy atom. The van der Waals surface area contributed by atoms with E-state index in [2.05, 4.69) is 20.7 Å². The van der Waals surface area contributed by atoms with E-state index in [0.29, 0.717) is 11.4 Å². The van der Waals surface area contributed by atoms with Crippen LogP contribution in [0.4, 0.5) is 11.4 Å². The molecule has 6 nitrogen and oxygen atoms in total. The molecule has 0 spiro atoms. The maximum absolute atomic E-state index is 12.8. The first kappa shape index (κ1) is 22.4. The molecule has 1 N–H and O–H groups in total. The molecule has 1 aliphatic rings. The highest BCUT2D eigenvalue weighted by atomic mass is 79.9. The van der Waals surface area contributed by atoms with Crippen molar-refractivity contribution in [1.82, 2.24) is 0 Å². The van der Waals surface area contributed by atoms with Gasteiger partial charge in [0.15, 0.2) is 6.61 Å². The first-order chi connectivity index (χ1) is 15.2. The largest absolute Gasteiger partial charge is 0.484 e. The first-order valence-corrected chi connectivity index (χ1v) is 12.4. The second kappa shape index (κ2) is 8.96. The number of fused-ring (bicyclic) bond motifs is 1. The molecule has 0 saturated carbocycles. The molecule has 32 heavy (non-hydrogen) atoms. The molecule has 0 aliphatic carbocycles. The summed E-state index contributed by atoms with van der Waals surface area (Å²) < 4.78 is 34.6. The first-order valence-electron chi connectivity index (χ1n) is 10.2. The number of hydrogen-bond donors (Lipinski definition) is 1. The number of nitrogens with zero attached hydrogens (tertiary/aromatic N) is 1. The molecule has 166 valence electrons. The van der Waals surface area contributed by atoms with E-state index in [1.807, 2.05) is 44.2 Å². The third-order valence-electron chi connectivity index (χ3n) is 5.41. The molecule has 4 rings (SSSR count). The maximum Gasteiger partial charge on any atom is 0.265 e. The van der Waals surface area contributed by atoms with Crippen LogP contribution in [0.5, 0.6) is 5.75 Å². The van der Waals surface area contributed by atoms with Gasteiger partial charge in [0.25, 0.3) is 15.9 Å². The highest BCUT2D eigenvalue weighted by Crippen LogP contribution is 2.34. The number of amides is 1. The Hall–Kier alpha value is -2.84. The van der Waals surface area contributed by atoms with Crippen LogP contribution in [0.3, 0.4) is 0 Å². The van der Waals surface area contributed by atoms with E-state index in [1.165, 1.54) is 12.1 Å². The van der Waals surface area contributed by atoms with Crippen LogP contribution in [0, 0.1) is 6.92 Å². The molecular formula is C24H23BrN2O4S. The number of benzene rings is 3. The van der Waals surface area contributed by atoms with Crippen molar-refractivity contribution in [1.29, 1.82) is 0 Å². The lowest BCUT2D eigenvalue weighted by molar-refractivity contribution is -0.120. The Kier molecular flexibility index (Phi) is 6.26. The van der Waals surface area contributed by atoms with Crippen molar-refractivity contribution in [3.05, 3.63) is 82.3 Å². The fraction of sp³-hybridized carbons (Fsp3) is 0.208. The second-order valence-corrected chi connectivity index (χ2v) is 10.4. The molecule has 0 radical (unpaired) electrons. The Balaban J connectivity index is 1.41. The number of aryl methyl sites for hydroxylation is 1.